The molecule has 0 saturated carbocycles. The van der Waals surface area contributed by atoms with E-state index < -0.39 is 11.9 Å². The van der Waals surface area contributed by atoms with Gasteiger partial charge in [0.1, 0.15) is 11.5 Å². The first kappa shape index (κ1) is 14.7. The van der Waals surface area contributed by atoms with Gasteiger partial charge in [-0.2, -0.15) is 13.2 Å². The Hall–Kier alpha value is -1.21. The number of nitrogens with one attached hydrogen (secondary N) is 2. The second kappa shape index (κ2) is 5.21. The molecule has 1 aromatic heterocycles. The highest BCUT2D eigenvalue weighted by molar-refractivity contribution is 5.21. The number of nitrogens with zero attached hydrogens (tertiary/aromatic N) is 2. The van der Waals surface area contributed by atoms with Crippen molar-refractivity contribution in [3.8, 4) is 0 Å². The van der Waals surface area contributed by atoms with Gasteiger partial charge in [0.15, 0.2) is 0 Å². The van der Waals surface area contributed by atoms with Crippen LogP contribution >= 0.6 is 0 Å². The van der Waals surface area contributed by atoms with E-state index in [1.54, 1.807) is 0 Å². The summed E-state index contributed by atoms with van der Waals surface area (Å²) in [6.45, 7) is 4.17. The largest absolute Gasteiger partial charge is 0.433 e. The number of alkyl halides is 3. The summed E-state index contributed by atoms with van der Waals surface area (Å²) in [5, 5.41) is 6.67. The molecule has 7 heteroatoms. The van der Waals surface area contributed by atoms with Crippen LogP contribution in [-0.2, 0) is 6.18 Å². The SMILES string of the molecule is Cc1nc(C2NCCC23CCNCC3)cc(C(F)(F)F)n1. The number of halogens is 3. The summed E-state index contributed by atoms with van der Waals surface area (Å²) in [5.74, 6) is 0.178. The first-order valence-electron chi connectivity index (χ1n) is 7.28. The first-order valence-corrected chi connectivity index (χ1v) is 7.28. The lowest BCUT2D eigenvalue weighted by Gasteiger charge is -2.38. The topological polar surface area (TPSA) is 49.8 Å². The van der Waals surface area contributed by atoms with Gasteiger partial charge in [0.05, 0.1) is 11.7 Å². The number of aryl methyl sites for hydroxylation is 1. The van der Waals surface area contributed by atoms with E-state index in [9.17, 15) is 13.2 Å². The van der Waals surface area contributed by atoms with Crippen LogP contribution in [0.15, 0.2) is 6.07 Å². The number of aromatic nitrogens is 2. The van der Waals surface area contributed by atoms with E-state index in [-0.39, 0.29) is 17.3 Å². The van der Waals surface area contributed by atoms with Gasteiger partial charge in [0.25, 0.3) is 0 Å². The first-order chi connectivity index (χ1) is 9.91. The van der Waals surface area contributed by atoms with Crippen LogP contribution in [0.25, 0.3) is 0 Å². The second-order valence-electron chi connectivity index (χ2n) is 5.97. The average Bonchev–Trinajstić information content (AvgIpc) is 2.81. The lowest BCUT2D eigenvalue weighted by atomic mass is 9.72. The molecule has 2 saturated heterocycles. The van der Waals surface area contributed by atoms with Crippen LogP contribution < -0.4 is 10.6 Å². The third kappa shape index (κ3) is 2.76. The number of hydrogen-bond acceptors (Lipinski definition) is 4. The highest BCUT2D eigenvalue weighted by atomic mass is 19.4. The summed E-state index contributed by atoms with van der Waals surface area (Å²) < 4.78 is 38.8. The molecule has 3 heterocycles. The minimum atomic E-state index is -4.43. The standard InChI is InChI=1S/C14H19F3N4/c1-9-20-10(8-11(21-9)14(15,16)17)12-13(4-7-19-12)2-5-18-6-3-13/h8,12,18-19H,2-7H2,1H3. The van der Waals surface area contributed by atoms with Gasteiger partial charge in [0, 0.05) is 0 Å². The van der Waals surface area contributed by atoms with Crippen molar-refractivity contribution in [3.63, 3.8) is 0 Å². The molecule has 1 unspecified atom stereocenters. The molecular weight excluding hydrogens is 281 g/mol. The molecule has 2 N–H and O–H groups in total. The minimum Gasteiger partial charge on any atom is -0.317 e. The fourth-order valence-corrected chi connectivity index (χ4v) is 3.59. The summed E-state index contributed by atoms with van der Waals surface area (Å²) in [5.41, 5.74) is -0.341. The Labute approximate surface area is 121 Å². The Balaban J connectivity index is 1.97. The van der Waals surface area contributed by atoms with Crippen molar-refractivity contribution in [2.45, 2.75) is 38.4 Å². The van der Waals surface area contributed by atoms with E-state index in [1.165, 1.54) is 6.92 Å². The van der Waals surface area contributed by atoms with Gasteiger partial charge in [-0.1, -0.05) is 0 Å². The van der Waals surface area contributed by atoms with Gasteiger partial charge in [0.2, 0.25) is 0 Å². The van der Waals surface area contributed by atoms with Gasteiger partial charge in [-0.25, -0.2) is 9.97 Å². The van der Waals surface area contributed by atoms with Gasteiger partial charge >= 0.3 is 6.18 Å². The van der Waals surface area contributed by atoms with Crippen LogP contribution in [-0.4, -0.2) is 29.6 Å². The quantitative estimate of drug-likeness (QED) is 0.835. The highest BCUT2D eigenvalue weighted by Gasteiger charge is 2.45. The molecule has 4 nitrogen and oxygen atoms in total. The second-order valence-corrected chi connectivity index (χ2v) is 5.97. The fourth-order valence-electron chi connectivity index (χ4n) is 3.59. The lowest BCUT2D eigenvalue weighted by molar-refractivity contribution is -0.141. The van der Waals surface area contributed by atoms with E-state index in [0.717, 1.165) is 45.0 Å². The molecule has 0 amide bonds. The molecule has 1 spiro atoms. The van der Waals surface area contributed by atoms with E-state index >= 15 is 0 Å². The molecule has 0 bridgehead atoms. The van der Waals surface area contributed by atoms with Gasteiger partial charge in [-0.15, -0.1) is 0 Å². The van der Waals surface area contributed by atoms with Crippen molar-refractivity contribution >= 4 is 0 Å². The van der Waals surface area contributed by atoms with Crippen molar-refractivity contribution < 1.29 is 13.2 Å². The number of hydrogen-bond donors (Lipinski definition) is 2. The van der Waals surface area contributed by atoms with Gasteiger partial charge in [-0.3, -0.25) is 0 Å². The molecule has 2 aliphatic heterocycles. The van der Waals surface area contributed by atoms with E-state index in [4.69, 9.17) is 0 Å². The molecule has 0 aliphatic carbocycles. The van der Waals surface area contributed by atoms with Crippen LogP contribution in [0.2, 0.25) is 0 Å². The predicted octanol–water partition coefficient (Wildman–Crippen LogP) is 2.21. The van der Waals surface area contributed by atoms with Crippen LogP contribution in [0, 0.1) is 12.3 Å². The molecule has 1 atom stereocenters. The summed E-state index contributed by atoms with van der Waals surface area (Å²) in [6.07, 6.45) is -1.50. The zero-order chi connectivity index (χ0) is 15.1. The molecule has 2 fully saturated rings. The smallest absolute Gasteiger partial charge is 0.317 e. The zero-order valence-electron chi connectivity index (χ0n) is 11.9. The maximum atomic E-state index is 12.9. The van der Waals surface area contributed by atoms with E-state index in [1.807, 2.05) is 0 Å². The average molecular weight is 300 g/mol. The monoisotopic (exact) mass is 300 g/mol. The highest BCUT2D eigenvalue weighted by Crippen LogP contribution is 2.47. The van der Waals surface area contributed by atoms with Crippen LogP contribution in [0.5, 0.6) is 0 Å². The molecular formula is C14H19F3N4. The van der Waals surface area contributed by atoms with E-state index in [2.05, 4.69) is 20.6 Å². The molecule has 1 aromatic rings. The Bertz CT molecular complexity index is 523. The van der Waals surface area contributed by atoms with E-state index in [0.29, 0.717) is 5.69 Å². The Morgan fingerprint density at radius 1 is 1.14 bits per heavy atom. The van der Waals surface area contributed by atoms with Gasteiger partial charge in [-0.05, 0) is 57.3 Å². The van der Waals surface area contributed by atoms with Crippen LogP contribution in [0.3, 0.4) is 0 Å². The maximum Gasteiger partial charge on any atom is 0.433 e. The maximum absolute atomic E-state index is 12.9. The van der Waals surface area contributed by atoms with Crippen molar-refractivity contribution in [2.75, 3.05) is 19.6 Å². The summed E-state index contributed by atoms with van der Waals surface area (Å²) in [6, 6.07) is 1.00. The molecule has 21 heavy (non-hydrogen) atoms. The normalized spacial score (nSPS) is 25.4. The molecule has 116 valence electrons. The third-order valence-electron chi connectivity index (χ3n) is 4.63. The van der Waals surface area contributed by atoms with Crippen molar-refractivity contribution in [2.24, 2.45) is 5.41 Å². The molecule has 0 radical (unpaired) electrons. The molecule has 3 rings (SSSR count). The number of rotatable bonds is 1. The minimum absolute atomic E-state index is 0.0227. The molecule has 2 aliphatic rings. The summed E-state index contributed by atoms with van der Waals surface area (Å²) in [7, 11) is 0. The van der Waals surface area contributed by atoms with Gasteiger partial charge < -0.3 is 10.6 Å². The summed E-state index contributed by atoms with van der Waals surface area (Å²) in [4.78, 5) is 7.82. The van der Waals surface area contributed by atoms with Crippen molar-refractivity contribution in [1.82, 2.24) is 20.6 Å². The van der Waals surface area contributed by atoms with Crippen molar-refractivity contribution in [3.05, 3.63) is 23.3 Å². The lowest BCUT2D eigenvalue weighted by Crippen LogP contribution is -2.40. The van der Waals surface area contributed by atoms with Crippen LogP contribution in [0.4, 0.5) is 13.2 Å². The van der Waals surface area contributed by atoms with Crippen LogP contribution in [0.1, 0.15) is 42.5 Å². The predicted molar refractivity (Wildman–Crippen MR) is 71.7 cm³/mol. The molecule has 0 aromatic carbocycles. The summed E-state index contributed by atoms with van der Waals surface area (Å²) >= 11 is 0. The Morgan fingerprint density at radius 3 is 2.48 bits per heavy atom. The third-order valence-corrected chi connectivity index (χ3v) is 4.63. The Morgan fingerprint density at radius 2 is 1.81 bits per heavy atom. The van der Waals surface area contributed by atoms with Crippen molar-refractivity contribution in [1.29, 1.82) is 0 Å². The Kier molecular flexibility index (Phi) is 3.65. The number of piperidine rings is 1. The fraction of sp³-hybridized carbons (Fsp3) is 0.714. The zero-order valence-corrected chi connectivity index (χ0v) is 11.9.